The highest BCUT2D eigenvalue weighted by Gasteiger charge is 2.10. The van der Waals surface area contributed by atoms with E-state index in [0.29, 0.717) is 25.5 Å². The molecule has 100 valence electrons. The summed E-state index contributed by atoms with van der Waals surface area (Å²) < 4.78 is 5.27. The Morgan fingerprint density at radius 2 is 2.11 bits per heavy atom. The minimum absolute atomic E-state index is 0.167. The highest BCUT2D eigenvalue weighted by atomic mass is 79.9. The number of hydrogen-bond donors (Lipinski definition) is 1. The van der Waals surface area contributed by atoms with E-state index in [2.05, 4.69) is 26.2 Å². The van der Waals surface area contributed by atoms with Crippen LogP contribution in [0.5, 0.6) is 0 Å². The third-order valence-electron chi connectivity index (χ3n) is 2.64. The van der Waals surface area contributed by atoms with E-state index in [0.717, 1.165) is 16.1 Å². The van der Waals surface area contributed by atoms with Gasteiger partial charge < -0.3 is 10.1 Å². The second-order valence-electron chi connectivity index (χ2n) is 3.94. The summed E-state index contributed by atoms with van der Waals surface area (Å²) in [5.74, 6) is -0.167. The number of aromatic nitrogens is 1. The molecule has 0 fully saturated rings. The summed E-state index contributed by atoms with van der Waals surface area (Å²) in [7, 11) is 0. The lowest BCUT2D eigenvalue weighted by Crippen LogP contribution is -2.28. The Hall–Kier alpha value is -1.46. The first kappa shape index (κ1) is 14.0. The minimum Gasteiger partial charge on any atom is -0.379 e. The van der Waals surface area contributed by atoms with E-state index in [-0.39, 0.29) is 5.91 Å². The number of fused-ring (bicyclic) bond motifs is 1. The first-order valence-corrected chi connectivity index (χ1v) is 7.20. The third kappa shape index (κ3) is 3.75. The lowest BCUT2D eigenvalue weighted by atomic mass is 10.1. The maximum Gasteiger partial charge on any atom is 0.270 e. The molecule has 1 aromatic heterocycles. The molecule has 2 aromatic rings. The van der Waals surface area contributed by atoms with E-state index < -0.39 is 0 Å². The lowest BCUT2D eigenvalue weighted by molar-refractivity contribution is 0.0921. The number of amides is 1. The molecular formula is C14H15BrN2O2. The van der Waals surface area contributed by atoms with Gasteiger partial charge in [0, 0.05) is 23.5 Å². The molecule has 4 nitrogen and oxygen atoms in total. The predicted molar refractivity (Wildman–Crippen MR) is 78.7 cm³/mol. The summed E-state index contributed by atoms with van der Waals surface area (Å²) in [5, 5.41) is 5.48. The van der Waals surface area contributed by atoms with Crippen molar-refractivity contribution in [2.45, 2.75) is 0 Å². The van der Waals surface area contributed by atoms with Gasteiger partial charge in [0.2, 0.25) is 0 Å². The van der Waals surface area contributed by atoms with Crippen LogP contribution in [-0.2, 0) is 4.74 Å². The van der Waals surface area contributed by atoms with Crippen LogP contribution in [0.3, 0.4) is 0 Å². The van der Waals surface area contributed by atoms with Crippen LogP contribution in [0.25, 0.3) is 10.8 Å². The zero-order valence-electron chi connectivity index (χ0n) is 10.4. The summed E-state index contributed by atoms with van der Waals surface area (Å²) in [5.41, 5.74) is 0.457. The molecule has 2 rings (SSSR count). The number of nitrogens with one attached hydrogen (secondary N) is 1. The summed E-state index contributed by atoms with van der Waals surface area (Å²) in [4.78, 5) is 16.2. The highest BCUT2D eigenvalue weighted by Crippen LogP contribution is 2.15. The zero-order chi connectivity index (χ0) is 13.5. The molecule has 5 heteroatoms. The fourth-order valence-electron chi connectivity index (χ4n) is 1.78. The first-order chi connectivity index (χ1) is 9.33. The van der Waals surface area contributed by atoms with Crippen LogP contribution in [0.2, 0.25) is 0 Å². The van der Waals surface area contributed by atoms with Crippen LogP contribution in [0, 0.1) is 0 Å². The van der Waals surface area contributed by atoms with E-state index in [1.54, 1.807) is 6.20 Å². The Bertz CT molecular complexity index is 555. The maximum atomic E-state index is 12.1. The van der Waals surface area contributed by atoms with Crippen molar-refractivity contribution in [1.29, 1.82) is 0 Å². The number of carbonyl (C=O) groups is 1. The van der Waals surface area contributed by atoms with Crippen molar-refractivity contribution in [1.82, 2.24) is 10.3 Å². The molecule has 1 N–H and O–H groups in total. The Balaban J connectivity index is 2.01. The standard InChI is InChI=1S/C14H15BrN2O2/c15-6-9-19-10-8-17-14(18)13-12-4-2-1-3-11(12)5-7-16-13/h1-5,7H,6,8-10H2,(H,17,18). The van der Waals surface area contributed by atoms with Crippen molar-refractivity contribution in [2.75, 3.05) is 25.1 Å². The number of nitrogens with zero attached hydrogens (tertiary/aromatic N) is 1. The van der Waals surface area contributed by atoms with Gasteiger partial charge in [0.1, 0.15) is 5.69 Å². The van der Waals surface area contributed by atoms with Crippen molar-refractivity contribution < 1.29 is 9.53 Å². The quantitative estimate of drug-likeness (QED) is 0.656. The number of pyridine rings is 1. The molecule has 0 bridgehead atoms. The summed E-state index contributed by atoms with van der Waals surface area (Å²) >= 11 is 3.27. The molecule has 19 heavy (non-hydrogen) atoms. The normalized spacial score (nSPS) is 10.6. The molecule has 0 saturated carbocycles. The number of benzene rings is 1. The van der Waals surface area contributed by atoms with Crippen LogP contribution in [0.15, 0.2) is 36.5 Å². The molecule has 0 aliphatic carbocycles. The summed E-state index contributed by atoms with van der Waals surface area (Å²) in [6.07, 6.45) is 1.65. The molecule has 0 spiro atoms. The number of carbonyl (C=O) groups excluding carboxylic acids is 1. The number of alkyl halides is 1. The molecule has 0 saturated heterocycles. The van der Waals surface area contributed by atoms with Crippen molar-refractivity contribution in [2.24, 2.45) is 0 Å². The van der Waals surface area contributed by atoms with Gasteiger partial charge in [-0.2, -0.15) is 0 Å². The Morgan fingerprint density at radius 3 is 2.95 bits per heavy atom. The van der Waals surface area contributed by atoms with E-state index in [9.17, 15) is 4.79 Å². The average Bonchev–Trinajstić information content (AvgIpc) is 2.46. The highest BCUT2D eigenvalue weighted by molar-refractivity contribution is 9.09. The predicted octanol–water partition coefficient (Wildman–Crippen LogP) is 2.38. The second kappa shape index (κ2) is 7.21. The van der Waals surface area contributed by atoms with Gasteiger partial charge in [0.15, 0.2) is 0 Å². The van der Waals surface area contributed by atoms with E-state index in [1.165, 1.54) is 0 Å². The molecule has 1 heterocycles. The Labute approximate surface area is 120 Å². The number of ether oxygens (including phenoxy) is 1. The van der Waals surface area contributed by atoms with Gasteiger partial charge in [-0.25, -0.2) is 0 Å². The van der Waals surface area contributed by atoms with Gasteiger partial charge >= 0.3 is 0 Å². The lowest BCUT2D eigenvalue weighted by Gasteiger charge is -2.07. The van der Waals surface area contributed by atoms with Crippen molar-refractivity contribution in [3.8, 4) is 0 Å². The van der Waals surface area contributed by atoms with Crippen LogP contribution in [0.1, 0.15) is 10.5 Å². The topological polar surface area (TPSA) is 51.2 Å². The molecular weight excluding hydrogens is 308 g/mol. The van der Waals surface area contributed by atoms with Gasteiger partial charge in [0.05, 0.1) is 13.2 Å². The van der Waals surface area contributed by atoms with E-state index >= 15 is 0 Å². The van der Waals surface area contributed by atoms with Gasteiger partial charge in [0.25, 0.3) is 5.91 Å². The second-order valence-corrected chi connectivity index (χ2v) is 4.73. The Morgan fingerprint density at radius 1 is 1.26 bits per heavy atom. The molecule has 1 amide bonds. The van der Waals surface area contributed by atoms with Gasteiger partial charge in [-0.05, 0) is 11.5 Å². The Kier molecular flexibility index (Phi) is 5.30. The number of halogens is 1. The van der Waals surface area contributed by atoms with E-state index in [4.69, 9.17) is 4.74 Å². The molecule has 0 atom stereocenters. The number of rotatable bonds is 6. The van der Waals surface area contributed by atoms with Crippen molar-refractivity contribution in [3.63, 3.8) is 0 Å². The van der Waals surface area contributed by atoms with Crippen LogP contribution in [-0.4, -0.2) is 36.0 Å². The smallest absolute Gasteiger partial charge is 0.270 e. The van der Waals surface area contributed by atoms with Gasteiger partial charge in [-0.1, -0.05) is 40.2 Å². The largest absolute Gasteiger partial charge is 0.379 e. The first-order valence-electron chi connectivity index (χ1n) is 6.08. The average molecular weight is 323 g/mol. The summed E-state index contributed by atoms with van der Waals surface area (Å²) in [6.45, 7) is 1.63. The molecule has 1 aromatic carbocycles. The fourth-order valence-corrected chi connectivity index (χ4v) is 2.01. The maximum absolute atomic E-state index is 12.1. The summed E-state index contributed by atoms with van der Waals surface area (Å²) in [6, 6.07) is 9.61. The van der Waals surface area contributed by atoms with Gasteiger partial charge in [-0.15, -0.1) is 0 Å². The van der Waals surface area contributed by atoms with Gasteiger partial charge in [-0.3, -0.25) is 9.78 Å². The van der Waals surface area contributed by atoms with Crippen molar-refractivity contribution >= 4 is 32.6 Å². The molecule has 0 aliphatic heterocycles. The zero-order valence-corrected chi connectivity index (χ0v) is 12.0. The van der Waals surface area contributed by atoms with Crippen LogP contribution < -0.4 is 5.32 Å². The number of hydrogen-bond acceptors (Lipinski definition) is 3. The third-order valence-corrected chi connectivity index (χ3v) is 2.97. The van der Waals surface area contributed by atoms with Crippen LogP contribution >= 0.6 is 15.9 Å². The SMILES string of the molecule is O=C(NCCOCCBr)c1nccc2ccccc12. The van der Waals surface area contributed by atoms with Crippen LogP contribution in [0.4, 0.5) is 0 Å². The van der Waals surface area contributed by atoms with E-state index in [1.807, 2.05) is 30.3 Å². The van der Waals surface area contributed by atoms with Crippen molar-refractivity contribution in [3.05, 3.63) is 42.2 Å². The molecule has 0 aliphatic rings. The monoisotopic (exact) mass is 322 g/mol. The molecule has 0 radical (unpaired) electrons. The minimum atomic E-state index is -0.167. The fraction of sp³-hybridized carbons (Fsp3) is 0.286. The molecule has 0 unspecified atom stereocenters.